The number of amides is 1. The Balaban J connectivity index is 1.58. The molecule has 1 heterocycles. The summed E-state index contributed by atoms with van der Waals surface area (Å²) in [5, 5.41) is 12.7. The Morgan fingerprint density at radius 3 is 2.48 bits per heavy atom. The quantitative estimate of drug-likeness (QED) is 0.394. The Labute approximate surface area is 189 Å². The van der Waals surface area contributed by atoms with E-state index in [1.807, 2.05) is 43.3 Å². The lowest BCUT2D eigenvalue weighted by Gasteiger charge is -2.08. The molecule has 0 saturated heterocycles. The number of para-hydroxylation sites is 1. The van der Waals surface area contributed by atoms with Crippen molar-refractivity contribution in [1.29, 1.82) is 0 Å². The fourth-order valence-electron chi connectivity index (χ4n) is 3.14. The first-order chi connectivity index (χ1) is 14.9. The molecule has 0 aliphatic heterocycles. The molecule has 6 nitrogen and oxygen atoms in total. The molecule has 1 aromatic heterocycles. The van der Waals surface area contributed by atoms with Crippen molar-refractivity contribution in [3.05, 3.63) is 81.8 Å². The SMILES string of the molecule is COc1c(Cl)cc(Cl)cc1/C=C/C(=O)Nc1cc2nn(-c3ccccc3)nc2cc1C. The molecule has 4 aromatic rings. The number of ether oxygens (including phenoxy) is 1. The van der Waals surface area contributed by atoms with E-state index in [0.717, 1.165) is 16.8 Å². The molecule has 0 saturated carbocycles. The Kier molecular flexibility index (Phi) is 5.93. The molecule has 4 rings (SSSR count). The van der Waals surface area contributed by atoms with Crippen LogP contribution in [0.3, 0.4) is 0 Å². The van der Waals surface area contributed by atoms with Crippen LogP contribution in [0.2, 0.25) is 10.0 Å². The minimum atomic E-state index is -0.309. The summed E-state index contributed by atoms with van der Waals surface area (Å²) in [6, 6.07) is 16.6. The number of carbonyl (C=O) groups excluding carboxylic acids is 1. The molecule has 8 heteroatoms. The molecule has 0 spiro atoms. The summed E-state index contributed by atoms with van der Waals surface area (Å²) in [7, 11) is 1.51. The number of fused-ring (bicyclic) bond motifs is 1. The van der Waals surface area contributed by atoms with Crippen LogP contribution in [-0.2, 0) is 4.79 Å². The fraction of sp³-hybridized carbons (Fsp3) is 0.0870. The van der Waals surface area contributed by atoms with Gasteiger partial charge in [0.25, 0.3) is 0 Å². The van der Waals surface area contributed by atoms with Crippen LogP contribution < -0.4 is 10.1 Å². The fourth-order valence-corrected chi connectivity index (χ4v) is 3.72. The van der Waals surface area contributed by atoms with Crippen LogP contribution in [0.1, 0.15) is 11.1 Å². The van der Waals surface area contributed by atoms with Gasteiger partial charge in [-0.1, -0.05) is 41.4 Å². The number of rotatable bonds is 5. The number of nitrogens with one attached hydrogen (secondary N) is 1. The van der Waals surface area contributed by atoms with E-state index in [4.69, 9.17) is 27.9 Å². The summed E-state index contributed by atoms with van der Waals surface area (Å²) in [5.41, 5.74) is 4.41. The van der Waals surface area contributed by atoms with Crippen molar-refractivity contribution in [2.75, 3.05) is 12.4 Å². The van der Waals surface area contributed by atoms with E-state index >= 15 is 0 Å². The topological polar surface area (TPSA) is 69.0 Å². The lowest BCUT2D eigenvalue weighted by Crippen LogP contribution is -2.09. The maximum absolute atomic E-state index is 12.5. The molecule has 0 fully saturated rings. The van der Waals surface area contributed by atoms with Crippen LogP contribution in [0.15, 0.2) is 60.7 Å². The summed E-state index contributed by atoms with van der Waals surface area (Å²) in [5.74, 6) is 0.140. The molecule has 0 unspecified atom stereocenters. The first kappa shape index (κ1) is 20.9. The van der Waals surface area contributed by atoms with Crippen LogP contribution in [-0.4, -0.2) is 28.0 Å². The molecule has 0 atom stereocenters. The average Bonchev–Trinajstić information content (AvgIpc) is 3.15. The number of anilines is 1. The van der Waals surface area contributed by atoms with Gasteiger partial charge in [0.2, 0.25) is 5.91 Å². The predicted octanol–water partition coefficient (Wildman–Crippen LogP) is 5.70. The lowest BCUT2D eigenvalue weighted by atomic mass is 10.1. The molecule has 0 aliphatic rings. The van der Waals surface area contributed by atoms with Crippen molar-refractivity contribution in [3.8, 4) is 11.4 Å². The second-order valence-corrected chi connectivity index (χ2v) is 7.66. The Morgan fingerprint density at radius 2 is 1.77 bits per heavy atom. The second-order valence-electron chi connectivity index (χ2n) is 6.81. The maximum atomic E-state index is 12.5. The molecule has 0 bridgehead atoms. The Bertz CT molecular complexity index is 1300. The third-order valence-electron chi connectivity index (χ3n) is 4.63. The highest BCUT2D eigenvalue weighted by Gasteiger charge is 2.11. The molecule has 3 aromatic carbocycles. The summed E-state index contributed by atoms with van der Waals surface area (Å²) < 4.78 is 5.30. The van der Waals surface area contributed by atoms with Gasteiger partial charge in [-0.15, -0.1) is 10.2 Å². The number of benzene rings is 3. The van der Waals surface area contributed by atoms with Gasteiger partial charge >= 0.3 is 0 Å². The second kappa shape index (κ2) is 8.79. The molecular formula is C23H18Cl2N4O2. The van der Waals surface area contributed by atoms with Gasteiger partial charge in [0.05, 0.1) is 17.8 Å². The van der Waals surface area contributed by atoms with Crippen molar-refractivity contribution in [1.82, 2.24) is 15.0 Å². The van der Waals surface area contributed by atoms with Gasteiger partial charge in [0.15, 0.2) is 0 Å². The number of nitrogens with zero attached hydrogens (tertiary/aromatic N) is 3. The highest BCUT2D eigenvalue weighted by molar-refractivity contribution is 6.36. The summed E-state index contributed by atoms with van der Waals surface area (Å²) in [6.07, 6.45) is 3.00. The molecule has 0 radical (unpaired) electrons. The van der Waals surface area contributed by atoms with E-state index in [1.165, 1.54) is 13.2 Å². The lowest BCUT2D eigenvalue weighted by molar-refractivity contribution is -0.111. The zero-order valence-corrected chi connectivity index (χ0v) is 18.3. The highest BCUT2D eigenvalue weighted by atomic mass is 35.5. The van der Waals surface area contributed by atoms with Gasteiger partial charge in [-0.2, -0.15) is 4.80 Å². The van der Waals surface area contributed by atoms with Crippen molar-refractivity contribution in [3.63, 3.8) is 0 Å². The minimum Gasteiger partial charge on any atom is -0.495 e. The van der Waals surface area contributed by atoms with Gasteiger partial charge in [0.1, 0.15) is 16.8 Å². The standard InChI is InChI=1S/C23H18Cl2N4O2/c1-14-10-20-21(28-29(27-20)17-6-4-3-5-7-17)13-19(14)26-22(30)9-8-15-11-16(24)12-18(25)23(15)31-2/h3-13H,1-2H3,(H,26,30)/b9-8+. The molecule has 156 valence electrons. The Morgan fingerprint density at radius 1 is 1.06 bits per heavy atom. The van der Waals surface area contributed by atoms with Crippen LogP contribution in [0.5, 0.6) is 5.75 Å². The highest BCUT2D eigenvalue weighted by Crippen LogP contribution is 2.33. The average molecular weight is 453 g/mol. The van der Waals surface area contributed by atoms with E-state index < -0.39 is 0 Å². The maximum Gasteiger partial charge on any atom is 0.248 e. The van der Waals surface area contributed by atoms with Crippen molar-refractivity contribution < 1.29 is 9.53 Å². The van der Waals surface area contributed by atoms with Crippen LogP contribution >= 0.6 is 23.2 Å². The monoisotopic (exact) mass is 452 g/mol. The number of methoxy groups -OCH3 is 1. The summed E-state index contributed by atoms with van der Waals surface area (Å²) >= 11 is 12.2. The van der Waals surface area contributed by atoms with Gasteiger partial charge in [-0.3, -0.25) is 4.79 Å². The normalized spacial score (nSPS) is 11.2. The molecule has 31 heavy (non-hydrogen) atoms. The first-order valence-electron chi connectivity index (χ1n) is 9.40. The van der Waals surface area contributed by atoms with E-state index in [-0.39, 0.29) is 5.91 Å². The molecule has 1 N–H and O–H groups in total. The zero-order chi connectivity index (χ0) is 22.0. The van der Waals surface area contributed by atoms with E-state index in [9.17, 15) is 4.79 Å². The number of hydrogen-bond acceptors (Lipinski definition) is 4. The van der Waals surface area contributed by atoms with E-state index in [0.29, 0.717) is 32.6 Å². The van der Waals surface area contributed by atoms with Crippen LogP contribution in [0.25, 0.3) is 22.8 Å². The number of hydrogen-bond donors (Lipinski definition) is 1. The van der Waals surface area contributed by atoms with Gasteiger partial charge in [-0.25, -0.2) is 0 Å². The van der Waals surface area contributed by atoms with Crippen molar-refractivity contribution >= 4 is 51.9 Å². The summed E-state index contributed by atoms with van der Waals surface area (Å²) in [4.78, 5) is 14.1. The third kappa shape index (κ3) is 4.55. The number of halogens is 2. The van der Waals surface area contributed by atoms with Gasteiger partial charge < -0.3 is 10.1 Å². The van der Waals surface area contributed by atoms with Crippen molar-refractivity contribution in [2.45, 2.75) is 6.92 Å². The van der Waals surface area contributed by atoms with Gasteiger partial charge in [0, 0.05) is 22.3 Å². The first-order valence-corrected chi connectivity index (χ1v) is 10.2. The zero-order valence-electron chi connectivity index (χ0n) is 16.8. The molecule has 0 aliphatic carbocycles. The van der Waals surface area contributed by atoms with E-state index in [1.54, 1.807) is 29.1 Å². The smallest absolute Gasteiger partial charge is 0.248 e. The number of aryl methyl sites for hydroxylation is 1. The van der Waals surface area contributed by atoms with Crippen LogP contribution in [0.4, 0.5) is 5.69 Å². The minimum absolute atomic E-state index is 0.309. The Hall–Kier alpha value is -3.35. The number of carbonyl (C=O) groups is 1. The van der Waals surface area contributed by atoms with E-state index in [2.05, 4.69) is 15.5 Å². The van der Waals surface area contributed by atoms with Crippen LogP contribution in [0, 0.1) is 6.92 Å². The van der Waals surface area contributed by atoms with Gasteiger partial charge in [-0.05, 0) is 55.0 Å². The largest absolute Gasteiger partial charge is 0.495 e. The predicted molar refractivity (Wildman–Crippen MR) is 124 cm³/mol. The molecular weight excluding hydrogens is 435 g/mol. The van der Waals surface area contributed by atoms with Crippen molar-refractivity contribution in [2.24, 2.45) is 0 Å². The molecule has 1 amide bonds. The summed E-state index contributed by atoms with van der Waals surface area (Å²) in [6.45, 7) is 1.90. The number of aromatic nitrogens is 3. The third-order valence-corrected chi connectivity index (χ3v) is 5.13.